The van der Waals surface area contributed by atoms with Gasteiger partial charge in [-0.25, -0.2) is 4.39 Å². The van der Waals surface area contributed by atoms with E-state index in [1.807, 2.05) is 0 Å². The van der Waals surface area contributed by atoms with E-state index in [4.69, 9.17) is 0 Å². The molecule has 2 rings (SSSR count). The molecule has 2 aromatic rings. The van der Waals surface area contributed by atoms with E-state index in [0.717, 1.165) is 0 Å². The number of amides is 1. The summed E-state index contributed by atoms with van der Waals surface area (Å²) in [6.45, 7) is 0. The number of rotatable bonds is 3. The first kappa shape index (κ1) is 11.1. The highest BCUT2D eigenvalue weighted by Crippen LogP contribution is 2.06. The lowest BCUT2D eigenvalue weighted by atomic mass is 10.2. The first-order valence-electron chi connectivity index (χ1n) is 4.89. The minimum absolute atomic E-state index is 0.332. The third-order valence-electron chi connectivity index (χ3n) is 1.96. The van der Waals surface area contributed by atoms with Crippen LogP contribution >= 0.6 is 0 Å². The monoisotopic (exact) mass is 232 g/mol. The van der Waals surface area contributed by atoms with Crippen LogP contribution in [-0.2, 0) is 4.79 Å². The Morgan fingerprint density at radius 1 is 1.41 bits per heavy atom. The van der Waals surface area contributed by atoms with Crippen LogP contribution in [0.4, 0.5) is 10.2 Å². The highest BCUT2D eigenvalue weighted by atomic mass is 19.1. The number of hydrogen-bond acceptors (Lipinski definition) is 3. The summed E-state index contributed by atoms with van der Waals surface area (Å²) in [5.41, 5.74) is 0.611. The topological polar surface area (TPSA) is 55.1 Å². The Bertz CT molecular complexity index is 535. The number of nitrogens with zero attached hydrogens (tertiary/aromatic N) is 1. The molecule has 0 spiro atoms. The molecular weight excluding hydrogens is 223 g/mol. The zero-order valence-corrected chi connectivity index (χ0v) is 8.76. The molecule has 1 N–H and O–H groups in total. The van der Waals surface area contributed by atoms with Crippen molar-refractivity contribution in [2.75, 3.05) is 5.32 Å². The van der Waals surface area contributed by atoms with Gasteiger partial charge in [-0.15, -0.1) is 0 Å². The number of hydrogen-bond donors (Lipinski definition) is 1. The average Bonchev–Trinajstić information content (AvgIpc) is 2.79. The van der Waals surface area contributed by atoms with Gasteiger partial charge in [0.25, 0.3) is 0 Å². The van der Waals surface area contributed by atoms with Gasteiger partial charge >= 0.3 is 0 Å². The molecular formula is C12H9FN2O2. The summed E-state index contributed by atoms with van der Waals surface area (Å²) in [4.78, 5) is 11.4. The minimum atomic E-state index is -0.358. The molecule has 0 fully saturated rings. The summed E-state index contributed by atoms with van der Waals surface area (Å²) in [5, 5.41) is 6.01. The van der Waals surface area contributed by atoms with Crippen LogP contribution in [0.25, 0.3) is 6.08 Å². The molecule has 0 atom stereocenters. The Balaban J connectivity index is 1.99. The molecule has 5 heteroatoms. The van der Waals surface area contributed by atoms with Crippen molar-refractivity contribution in [1.29, 1.82) is 0 Å². The molecule has 0 radical (unpaired) electrons. The highest BCUT2D eigenvalue weighted by molar-refractivity contribution is 6.01. The van der Waals surface area contributed by atoms with Gasteiger partial charge in [0, 0.05) is 12.1 Å². The van der Waals surface area contributed by atoms with Crippen LogP contribution in [0.2, 0.25) is 0 Å². The zero-order chi connectivity index (χ0) is 12.1. The molecule has 0 aliphatic rings. The largest absolute Gasteiger partial charge is 0.363 e. The molecule has 17 heavy (non-hydrogen) atoms. The molecule has 0 aliphatic heterocycles. The van der Waals surface area contributed by atoms with Crippen LogP contribution in [0.5, 0.6) is 0 Å². The van der Waals surface area contributed by atoms with Gasteiger partial charge in [0.05, 0.1) is 0 Å². The lowest BCUT2D eigenvalue weighted by Gasteiger charge is -1.95. The summed E-state index contributed by atoms with van der Waals surface area (Å²) in [5.74, 6) is -0.369. The normalized spacial score (nSPS) is 10.6. The second-order valence-corrected chi connectivity index (χ2v) is 3.26. The van der Waals surface area contributed by atoms with E-state index in [2.05, 4.69) is 15.0 Å². The van der Waals surface area contributed by atoms with E-state index in [0.29, 0.717) is 11.4 Å². The molecule has 86 valence electrons. The SMILES string of the molecule is O=C(C=Cc1cccc(F)c1)Nc1ccon1. The molecule has 0 bridgehead atoms. The van der Waals surface area contributed by atoms with E-state index in [1.54, 1.807) is 12.1 Å². The molecule has 0 unspecified atom stereocenters. The minimum Gasteiger partial charge on any atom is -0.363 e. The fourth-order valence-corrected chi connectivity index (χ4v) is 1.23. The predicted molar refractivity (Wildman–Crippen MR) is 60.6 cm³/mol. The maximum Gasteiger partial charge on any atom is 0.249 e. The van der Waals surface area contributed by atoms with Crippen LogP contribution in [0.3, 0.4) is 0 Å². The van der Waals surface area contributed by atoms with Crippen molar-refractivity contribution in [3.8, 4) is 0 Å². The predicted octanol–water partition coefficient (Wildman–Crippen LogP) is 2.47. The van der Waals surface area contributed by atoms with Gasteiger partial charge in [0.2, 0.25) is 5.91 Å². The summed E-state index contributed by atoms with van der Waals surface area (Å²) in [6, 6.07) is 7.47. The Kier molecular flexibility index (Phi) is 3.30. The van der Waals surface area contributed by atoms with E-state index in [-0.39, 0.29) is 11.7 Å². The van der Waals surface area contributed by atoms with E-state index >= 15 is 0 Å². The van der Waals surface area contributed by atoms with Crippen molar-refractivity contribution < 1.29 is 13.7 Å². The second kappa shape index (κ2) is 5.07. The van der Waals surface area contributed by atoms with Crippen molar-refractivity contribution in [3.05, 3.63) is 54.1 Å². The molecule has 1 aromatic heterocycles. The third-order valence-corrected chi connectivity index (χ3v) is 1.96. The van der Waals surface area contributed by atoms with Gasteiger partial charge in [-0.05, 0) is 23.8 Å². The second-order valence-electron chi connectivity index (χ2n) is 3.26. The molecule has 0 saturated carbocycles. The van der Waals surface area contributed by atoms with Gasteiger partial charge in [-0.1, -0.05) is 17.3 Å². The number of benzene rings is 1. The molecule has 1 heterocycles. The number of nitrogens with one attached hydrogen (secondary N) is 1. The van der Waals surface area contributed by atoms with Gasteiger partial charge in [0.1, 0.15) is 12.1 Å². The van der Waals surface area contributed by atoms with Crippen LogP contribution < -0.4 is 5.32 Å². The Labute approximate surface area is 96.7 Å². The fraction of sp³-hybridized carbons (Fsp3) is 0. The quantitative estimate of drug-likeness (QED) is 0.827. The van der Waals surface area contributed by atoms with Gasteiger partial charge in [0.15, 0.2) is 5.82 Å². The maximum absolute atomic E-state index is 12.8. The number of anilines is 1. The number of aromatic nitrogens is 1. The molecule has 0 saturated heterocycles. The molecule has 1 amide bonds. The molecule has 1 aromatic carbocycles. The fourth-order valence-electron chi connectivity index (χ4n) is 1.23. The van der Waals surface area contributed by atoms with E-state index in [9.17, 15) is 9.18 Å². The average molecular weight is 232 g/mol. The lowest BCUT2D eigenvalue weighted by Crippen LogP contribution is -2.07. The Morgan fingerprint density at radius 3 is 3.00 bits per heavy atom. The summed E-state index contributed by atoms with van der Waals surface area (Å²) < 4.78 is 17.4. The van der Waals surface area contributed by atoms with Crippen LogP contribution in [0.1, 0.15) is 5.56 Å². The van der Waals surface area contributed by atoms with Gasteiger partial charge in [-0.2, -0.15) is 0 Å². The van der Waals surface area contributed by atoms with Gasteiger partial charge in [-0.3, -0.25) is 4.79 Å². The van der Waals surface area contributed by atoms with Crippen molar-refractivity contribution in [1.82, 2.24) is 5.16 Å². The van der Waals surface area contributed by atoms with Crippen molar-refractivity contribution in [2.45, 2.75) is 0 Å². The Hall–Kier alpha value is -2.43. The zero-order valence-electron chi connectivity index (χ0n) is 8.76. The smallest absolute Gasteiger partial charge is 0.249 e. The van der Waals surface area contributed by atoms with E-state index < -0.39 is 0 Å². The first-order chi connectivity index (χ1) is 8.24. The highest BCUT2D eigenvalue weighted by Gasteiger charge is 1.99. The summed E-state index contributed by atoms with van der Waals surface area (Å²) in [7, 11) is 0. The number of carbonyl (C=O) groups is 1. The molecule has 0 aliphatic carbocycles. The standard InChI is InChI=1S/C12H9FN2O2/c13-10-3-1-2-9(8-10)4-5-12(16)14-11-6-7-17-15-11/h1-8H,(H,14,15,16). The van der Waals surface area contributed by atoms with Gasteiger partial charge < -0.3 is 9.84 Å². The van der Waals surface area contributed by atoms with Crippen molar-refractivity contribution in [3.63, 3.8) is 0 Å². The summed E-state index contributed by atoms with van der Waals surface area (Å²) in [6.07, 6.45) is 4.16. The third kappa shape index (κ3) is 3.27. The summed E-state index contributed by atoms with van der Waals surface area (Å²) >= 11 is 0. The van der Waals surface area contributed by atoms with Crippen molar-refractivity contribution >= 4 is 17.8 Å². The first-order valence-corrected chi connectivity index (χ1v) is 4.89. The lowest BCUT2D eigenvalue weighted by molar-refractivity contribution is -0.111. The molecule has 4 nitrogen and oxygen atoms in total. The number of carbonyl (C=O) groups excluding carboxylic acids is 1. The van der Waals surface area contributed by atoms with Crippen molar-refractivity contribution in [2.24, 2.45) is 0 Å². The maximum atomic E-state index is 12.8. The van der Waals surface area contributed by atoms with Crippen LogP contribution in [0.15, 0.2) is 47.2 Å². The van der Waals surface area contributed by atoms with E-state index in [1.165, 1.54) is 36.6 Å². The van der Waals surface area contributed by atoms with Crippen LogP contribution in [0, 0.1) is 5.82 Å². The van der Waals surface area contributed by atoms with Crippen LogP contribution in [-0.4, -0.2) is 11.1 Å². The number of halogens is 1. The Morgan fingerprint density at radius 2 is 2.29 bits per heavy atom.